The molecule has 0 unspecified atom stereocenters. The molecule has 0 saturated carbocycles. The zero-order valence-electron chi connectivity index (χ0n) is 16.3. The highest BCUT2D eigenvalue weighted by molar-refractivity contribution is 6.17. The number of hydrogen-bond donors (Lipinski definition) is 1. The highest BCUT2D eigenvalue weighted by atomic mass is 16.3. The molecular weight excluding hydrogens is 338 g/mol. The summed E-state index contributed by atoms with van der Waals surface area (Å²) < 4.78 is 6.13. The van der Waals surface area contributed by atoms with Crippen molar-refractivity contribution in [3.8, 4) is 5.75 Å². The van der Waals surface area contributed by atoms with E-state index < -0.39 is 0 Å². The predicted octanol–water partition coefficient (Wildman–Crippen LogP) is 4.82. The van der Waals surface area contributed by atoms with Gasteiger partial charge in [-0.1, -0.05) is 25.5 Å². The first kappa shape index (κ1) is 19.2. The van der Waals surface area contributed by atoms with E-state index in [1.807, 2.05) is 26.2 Å². The molecular formula is C23H27NO3. The van der Waals surface area contributed by atoms with Crippen LogP contribution in [0.4, 0.5) is 0 Å². The first-order valence-electron chi connectivity index (χ1n) is 9.53. The van der Waals surface area contributed by atoms with Gasteiger partial charge in [-0.15, -0.1) is 0 Å². The molecule has 1 heterocycles. The number of benzene rings is 2. The summed E-state index contributed by atoms with van der Waals surface area (Å²) in [6.07, 6.45) is 3.62. The third kappa shape index (κ3) is 4.22. The number of hydrogen-bond acceptors (Lipinski definition) is 4. The molecule has 0 atom stereocenters. The Kier molecular flexibility index (Phi) is 5.97. The molecule has 2 aromatic carbocycles. The Morgan fingerprint density at radius 2 is 1.81 bits per heavy atom. The number of phenols is 1. The number of unbranched alkanes of at least 4 members (excludes halogenated alkanes) is 1. The summed E-state index contributed by atoms with van der Waals surface area (Å²) in [5.41, 5.74) is 3.16. The number of rotatable bonds is 8. The number of carbonyl (C=O) groups is 1. The van der Waals surface area contributed by atoms with Crippen molar-refractivity contribution >= 4 is 16.8 Å². The van der Waals surface area contributed by atoms with Gasteiger partial charge in [-0.3, -0.25) is 4.79 Å². The Morgan fingerprint density at radius 3 is 2.48 bits per heavy atom. The van der Waals surface area contributed by atoms with Crippen molar-refractivity contribution in [3.05, 3.63) is 64.9 Å². The van der Waals surface area contributed by atoms with Gasteiger partial charge < -0.3 is 14.4 Å². The van der Waals surface area contributed by atoms with Gasteiger partial charge in [-0.25, -0.2) is 0 Å². The number of phenolic OH excluding ortho intramolecular Hbond substituents is 1. The molecule has 0 saturated heterocycles. The molecule has 0 bridgehead atoms. The minimum absolute atomic E-state index is 0.0443. The molecule has 3 rings (SSSR count). The average molecular weight is 365 g/mol. The summed E-state index contributed by atoms with van der Waals surface area (Å²) in [4.78, 5) is 15.5. The Bertz CT molecular complexity index is 923. The molecule has 0 spiro atoms. The quantitative estimate of drug-likeness (QED) is 0.582. The fraction of sp³-hybridized carbons (Fsp3) is 0.348. The lowest BCUT2D eigenvalue weighted by atomic mass is 9.95. The van der Waals surface area contributed by atoms with Crippen LogP contribution in [0.3, 0.4) is 0 Å². The zero-order valence-corrected chi connectivity index (χ0v) is 16.3. The molecule has 0 aliphatic carbocycles. The summed E-state index contributed by atoms with van der Waals surface area (Å²) >= 11 is 0. The van der Waals surface area contributed by atoms with Gasteiger partial charge in [0.05, 0.1) is 5.56 Å². The molecule has 27 heavy (non-hydrogen) atoms. The van der Waals surface area contributed by atoms with Crippen LogP contribution in [0.15, 0.2) is 46.9 Å². The summed E-state index contributed by atoms with van der Waals surface area (Å²) in [6, 6.07) is 12.5. The highest BCUT2D eigenvalue weighted by Gasteiger charge is 2.23. The topological polar surface area (TPSA) is 53.7 Å². The van der Waals surface area contributed by atoms with Gasteiger partial charge in [0.25, 0.3) is 0 Å². The second-order valence-corrected chi connectivity index (χ2v) is 7.22. The molecule has 142 valence electrons. The number of carbonyl (C=O) groups excluding carboxylic acids is 1. The number of furan rings is 1. The van der Waals surface area contributed by atoms with Gasteiger partial charge in [-0.05, 0) is 62.8 Å². The summed E-state index contributed by atoms with van der Waals surface area (Å²) in [5, 5.41) is 10.5. The van der Waals surface area contributed by atoms with Crippen LogP contribution in [0.1, 0.15) is 47.0 Å². The molecule has 0 fully saturated rings. The monoisotopic (exact) mass is 365 g/mol. The van der Waals surface area contributed by atoms with Crippen LogP contribution in [0.5, 0.6) is 5.75 Å². The third-order valence-corrected chi connectivity index (χ3v) is 4.82. The van der Waals surface area contributed by atoms with E-state index in [9.17, 15) is 9.90 Å². The van der Waals surface area contributed by atoms with E-state index in [1.54, 1.807) is 24.3 Å². The summed E-state index contributed by atoms with van der Waals surface area (Å²) in [7, 11) is 4.09. The van der Waals surface area contributed by atoms with Crippen molar-refractivity contribution in [1.82, 2.24) is 4.90 Å². The smallest absolute Gasteiger partial charge is 0.197 e. The van der Waals surface area contributed by atoms with E-state index in [0.29, 0.717) is 11.1 Å². The van der Waals surface area contributed by atoms with Crippen LogP contribution in [0.25, 0.3) is 11.0 Å². The largest absolute Gasteiger partial charge is 0.508 e. The number of fused-ring (bicyclic) bond motifs is 1. The van der Waals surface area contributed by atoms with Gasteiger partial charge in [0.15, 0.2) is 5.78 Å². The minimum Gasteiger partial charge on any atom is -0.508 e. The maximum absolute atomic E-state index is 13.4. The standard InChI is InChI=1S/C23H27NO3/c1-4-5-8-20-22(23(26)17-10-12-18(25)13-11-17)21-16(14-15-24(2)3)7-6-9-19(21)27-20/h6-7,9-13,25H,4-5,8,14-15H2,1-3H3. The van der Waals surface area contributed by atoms with Crippen LogP contribution in [-0.4, -0.2) is 36.4 Å². The Labute approximate surface area is 160 Å². The second kappa shape index (κ2) is 8.40. The zero-order chi connectivity index (χ0) is 19.4. The fourth-order valence-electron chi connectivity index (χ4n) is 3.33. The fourth-order valence-corrected chi connectivity index (χ4v) is 3.33. The predicted molar refractivity (Wildman–Crippen MR) is 109 cm³/mol. The number of ketones is 1. The first-order valence-corrected chi connectivity index (χ1v) is 9.53. The Morgan fingerprint density at radius 1 is 1.07 bits per heavy atom. The van der Waals surface area contributed by atoms with Gasteiger partial charge in [0, 0.05) is 23.9 Å². The lowest BCUT2D eigenvalue weighted by Gasteiger charge is -2.11. The second-order valence-electron chi connectivity index (χ2n) is 7.22. The molecule has 1 aromatic heterocycles. The van der Waals surface area contributed by atoms with Crippen molar-refractivity contribution in [2.24, 2.45) is 0 Å². The summed E-state index contributed by atoms with van der Waals surface area (Å²) in [5.74, 6) is 0.876. The van der Waals surface area contributed by atoms with E-state index in [2.05, 4.69) is 17.9 Å². The minimum atomic E-state index is -0.0443. The van der Waals surface area contributed by atoms with E-state index in [-0.39, 0.29) is 11.5 Å². The van der Waals surface area contributed by atoms with E-state index in [0.717, 1.165) is 54.5 Å². The van der Waals surface area contributed by atoms with Crippen molar-refractivity contribution in [1.29, 1.82) is 0 Å². The van der Waals surface area contributed by atoms with Crippen molar-refractivity contribution in [2.75, 3.05) is 20.6 Å². The van der Waals surface area contributed by atoms with Gasteiger partial charge in [0.2, 0.25) is 0 Å². The summed E-state index contributed by atoms with van der Waals surface area (Å²) in [6.45, 7) is 3.04. The lowest BCUT2D eigenvalue weighted by molar-refractivity contribution is 0.103. The third-order valence-electron chi connectivity index (χ3n) is 4.82. The lowest BCUT2D eigenvalue weighted by Crippen LogP contribution is -2.15. The number of nitrogens with zero attached hydrogens (tertiary/aromatic N) is 1. The molecule has 4 nitrogen and oxygen atoms in total. The van der Waals surface area contributed by atoms with Gasteiger partial charge >= 0.3 is 0 Å². The van der Waals surface area contributed by atoms with E-state index in [4.69, 9.17) is 4.42 Å². The average Bonchev–Trinajstić information content (AvgIpc) is 3.03. The van der Waals surface area contributed by atoms with E-state index >= 15 is 0 Å². The van der Waals surface area contributed by atoms with E-state index in [1.165, 1.54) is 0 Å². The molecule has 3 aromatic rings. The number of aromatic hydroxyl groups is 1. The molecule has 0 aliphatic rings. The first-order chi connectivity index (χ1) is 13.0. The highest BCUT2D eigenvalue weighted by Crippen LogP contribution is 2.32. The van der Waals surface area contributed by atoms with Crippen LogP contribution >= 0.6 is 0 Å². The number of likely N-dealkylation sites (N-methyl/N-ethyl adjacent to an activating group) is 1. The molecule has 0 radical (unpaired) electrons. The number of aryl methyl sites for hydroxylation is 1. The van der Waals surface area contributed by atoms with Crippen molar-refractivity contribution < 1.29 is 14.3 Å². The van der Waals surface area contributed by atoms with Crippen molar-refractivity contribution in [2.45, 2.75) is 32.6 Å². The molecule has 0 aliphatic heterocycles. The molecule has 1 N–H and O–H groups in total. The van der Waals surface area contributed by atoms with Gasteiger partial charge in [-0.2, -0.15) is 0 Å². The molecule has 4 heteroatoms. The normalized spacial score (nSPS) is 11.4. The van der Waals surface area contributed by atoms with Crippen molar-refractivity contribution in [3.63, 3.8) is 0 Å². The Balaban J connectivity index is 2.13. The van der Waals surface area contributed by atoms with Crippen LogP contribution < -0.4 is 0 Å². The Hall–Kier alpha value is -2.59. The maximum atomic E-state index is 13.4. The van der Waals surface area contributed by atoms with Crippen LogP contribution in [0.2, 0.25) is 0 Å². The molecule has 0 amide bonds. The van der Waals surface area contributed by atoms with Crippen LogP contribution in [-0.2, 0) is 12.8 Å². The van der Waals surface area contributed by atoms with Gasteiger partial charge in [0.1, 0.15) is 17.1 Å². The maximum Gasteiger partial charge on any atom is 0.197 e. The SMILES string of the molecule is CCCCc1oc2cccc(CCN(C)C)c2c1C(=O)c1ccc(O)cc1. The van der Waals surface area contributed by atoms with Crippen LogP contribution in [0, 0.1) is 0 Å².